The van der Waals surface area contributed by atoms with Crippen molar-refractivity contribution in [1.82, 2.24) is 5.32 Å². The van der Waals surface area contributed by atoms with Gasteiger partial charge >= 0.3 is 6.09 Å². The van der Waals surface area contributed by atoms with Gasteiger partial charge in [0.05, 0.1) is 0 Å². The van der Waals surface area contributed by atoms with Gasteiger partial charge in [-0.05, 0) is 44.0 Å². The molecular formula is C27H30N2O4S. The number of hydrogen-bond donors (Lipinski definition) is 3. The smallest absolute Gasteiger partial charge is 0.408 e. The number of rotatable bonds is 8. The predicted octanol–water partition coefficient (Wildman–Crippen LogP) is 5.76. The molecule has 3 rings (SSSR count). The summed E-state index contributed by atoms with van der Waals surface area (Å²) in [5.74, 6) is 0.399. The van der Waals surface area contributed by atoms with E-state index in [1.807, 2.05) is 60.7 Å². The number of anilines is 1. The van der Waals surface area contributed by atoms with Crippen LogP contribution in [-0.2, 0) is 21.7 Å². The fourth-order valence-corrected chi connectivity index (χ4v) is 4.08. The first kappa shape index (κ1) is 25.2. The summed E-state index contributed by atoms with van der Waals surface area (Å²) in [6.07, 6.45) is -0.373. The van der Waals surface area contributed by atoms with Gasteiger partial charge < -0.3 is 20.5 Å². The molecule has 0 radical (unpaired) electrons. The van der Waals surface area contributed by atoms with E-state index in [2.05, 4.69) is 10.6 Å². The van der Waals surface area contributed by atoms with E-state index < -0.39 is 23.6 Å². The van der Waals surface area contributed by atoms with Crippen LogP contribution in [0.5, 0.6) is 5.75 Å². The summed E-state index contributed by atoms with van der Waals surface area (Å²) in [5, 5.41) is 15.9. The maximum Gasteiger partial charge on any atom is 0.408 e. The Morgan fingerprint density at radius 3 is 2.15 bits per heavy atom. The number of thioether (sulfide) groups is 1. The molecule has 0 aliphatic carbocycles. The molecule has 0 aromatic heterocycles. The minimum Gasteiger partial charge on any atom is -0.507 e. The number of phenolic OH excluding ortho intramolecular Hbond substituents is 1. The number of nitrogens with one attached hydrogen (secondary N) is 2. The summed E-state index contributed by atoms with van der Waals surface area (Å²) in [6, 6.07) is 23.6. The van der Waals surface area contributed by atoms with Gasteiger partial charge in [-0.15, -0.1) is 11.8 Å². The number of hydrogen-bond acceptors (Lipinski definition) is 5. The molecule has 34 heavy (non-hydrogen) atoms. The zero-order valence-electron chi connectivity index (χ0n) is 19.6. The van der Waals surface area contributed by atoms with E-state index in [0.717, 1.165) is 21.8 Å². The van der Waals surface area contributed by atoms with Crippen LogP contribution in [0.3, 0.4) is 0 Å². The Morgan fingerprint density at radius 2 is 1.56 bits per heavy atom. The summed E-state index contributed by atoms with van der Waals surface area (Å²) >= 11 is 1.51. The second kappa shape index (κ2) is 11.6. The Hall–Kier alpha value is -3.45. The number of alkyl carbamates (subject to hydrolysis) is 1. The lowest BCUT2D eigenvalue weighted by atomic mass is 10.1. The minimum absolute atomic E-state index is 0.0819. The van der Waals surface area contributed by atoms with Crippen molar-refractivity contribution < 1.29 is 19.4 Å². The predicted molar refractivity (Wildman–Crippen MR) is 136 cm³/mol. The van der Waals surface area contributed by atoms with E-state index in [4.69, 9.17) is 4.74 Å². The molecule has 7 heteroatoms. The zero-order chi connectivity index (χ0) is 24.6. The molecule has 0 heterocycles. The monoisotopic (exact) mass is 478 g/mol. The van der Waals surface area contributed by atoms with E-state index in [-0.39, 0.29) is 5.75 Å². The summed E-state index contributed by atoms with van der Waals surface area (Å²) < 4.78 is 5.33. The molecule has 6 nitrogen and oxygen atoms in total. The minimum atomic E-state index is -0.855. The van der Waals surface area contributed by atoms with Gasteiger partial charge in [0.2, 0.25) is 5.91 Å². The molecular weight excluding hydrogens is 448 g/mol. The number of carbonyl (C=O) groups is 2. The molecule has 1 atom stereocenters. The van der Waals surface area contributed by atoms with Gasteiger partial charge in [-0.1, -0.05) is 60.7 Å². The van der Waals surface area contributed by atoms with Crippen LogP contribution in [0.25, 0.3) is 0 Å². The number of ether oxygens (including phenoxy) is 1. The summed E-state index contributed by atoms with van der Waals surface area (Å²) in [7, 11) is 0. The second-order valence-corrected chi connectivity index (χ2v) is 9.85. The maximum atomic E-state index is 13.1. The Labute approximate surface area is 204 Å². The van der Waals surface area contributed by atoms with Gasteiger partial charge in [0, 0.05) is 28.8 Å². The summed E-state index contributed by atoms with van der Waals surface area (Å²) in [5.41, 5.74) is 1.81. The average molecular weight is 479 g/mol. The van der Waals surface area contributed by atoms with E-state index in [1.54, 1.807) is 32.9 Å². The maximum absolute atomic E-state index is 13.1. The highest BCUT2D eigenvalue weighted by Crippen LogP contribution is 2.33. The zero-order valence-corrected chi connectivity index (χ0v) is 20.4. The SMILES string of the molecule is CC(C)(C)OC(=O)N[C@@H](Cc1ccccc1)C(=O)Nc1ccc(SCc2ccccc2)c(O)c1. The van der Waals surface area contributed by atoms with Gasteiger partial charge in [-0.25, -0.2) is 4.79 Å². The molecule has 0 saturated heterocycles. The Morgan fingerprint density at radius 1 is 0.941 bits per heavy atom. The molecule has 0 aliphatic heterocycles. The third-order valence-corrected chi connectivity index (χ3v) is 5.89. The fraction of sp³-hybridized carbons (Fsp3) is 0.259. The van der Waals surface area contributed by atoms with Gasteiger partial charge in [-0.3, -0.25) is 4.79 Å². The summed E-state index contributed by atoms with van der Waals surface area (Å²) in [6.45, 7) is 5.29. The first-order valence-electron chi connectivity index (χ1n) is 11.0. The van der Waals surface area contributed by atoms with Gasteiger partial charge in [-0.2, -0.15) is 0 Å². The van der Waals surface area contributed by atoms with Crippen LogP contribution in [-0.4, -0.2) is 28.7 Å². The lowest BCUT2D eigenvalue weighted by Crippen LogP contribution is -2.47. The first-order chi connectivity index (χ1) is 16.2. The number of carbonyl (C=O) groups excluding carboxylic acids is 2. The standard InChI is InChI=1S/C27H30N2O4S/c1-27(2,3)33-26(32)29-22(16-19-10-6-4-7-11-19)25(31)28-21-14-15-24(23(30)17-21)34-18-20-12-8-5-9-13-20/h4-15,17,22,30H,16,18H2,1-3H3,(H,28,31)(H,29,32)/t22-/m0/s1. The molecule has 2 amide bonds. The van der Waals surface area contributed by atoms with Crippen LogP contribution in [0.2, 0.25) is 0 Å². The lowest BCUT2D eigenvalue weighted by Gasteiger charge is -2.23. The second-order valence-electron chi connectivity index (χ2n) is 8.83. The third kappa shape index (κ3) is 8.15. The van der Waals surface area contributed by atoms with Gasteiger partial charge in [0.1, 0.15) is 17.4 Å². The van der Waals surface area contributed by atoms with Crippen molar-refractivity contribution in [2.45, 2.75) is 49.5 Å². The number of benzene rings is 3. The Balaban J connectivity index is 1.68. The highest BCUT2D eigenvalue weighted by Gasteiger charge is 2.25. The molecule has 3 aromatic carbocycles. The van der Waals surface area contributed by atoms with Crippen molar-refractivity contribution in [3.63, 3.8) is 0 Å². The van der Waals surface area contributed by atoms with Crippen molar-refractivity contribution in [1.29, 1.82) is 0 Å². The number of phenols is 1. The Kier molecular flexibility index (Phi) is 8.60. The normalized spacial score (nSPS) is 12.0. The third-order valence-electron chi connectivity index (χ3n) is 4.75. The fourth-order valence-electron chi connectivity index (χ4n) is 3.19. The first-order valence-corrected chi connectivity index (χ1v) is 12.0. The van der Waals surface area contributed by atoms with Crippen LogP contribution >= 0.6 is 11.8 Å². The molecule has 3 aromatic rings. The van der Waals surface area contributed by atoms with E-state index in [0.29, 0.717) is 12.1 Å². The largest absolute Gasteiger partial charge is 0.507 e. The van der Waals surface area contributed by atoms with Crippen LogP contribution in [0.4, 0.5) is 10.5 Å². The van der Waals surface area contributed by atoms with Crippen LogP contribution in [0, 0.1) is 0 Å². The van der Waals surface area contributed by atoms with Crippen LogP contribution < -0.4 is 10.6 Å². The molecule has 0 bridgehead atoms. The number of amides is 2. The molecule has 3 N–H and O–H groups in total. The average Bonchev–Trinajstić information content (AvgIpc) is 2.78. The molecule has 178 valence electrons. The molecule has 0 saturated carbocycles. The number of aromatic hydroxyl groups is 1. The van der Waals surface area contributed by atoms with Crippen molar-refractivity contribution in [3.05, 3.63) is 90.0 Å². The molecule has 0 unspecified atom stereocenters. The molecule has 0 fully saturated rings. The van der Waals surface area contributed by atoms with E-state index >= 15 is 0 Å². The van der Waals surface area contributed by atoms with E-state index in [1.165, 1.54) is 17.8 Å². The highest BCUT2D eigenvalue weighted by molar-refractivity contribution is 7.98. The van der Waals surface area contributed by atoms with Gasteiger partial charge in [0.25, 0.3) is 0 Å². The molecule has 0 aliphatic rings. The van der Waals surface area contributed by atoms with Crippen molar-refractivity contribution in [3.8, 4) is 5.75 Å². The highest BCUT2D eigenvalue weighted by atomic mass is 32.2. The lowest BCUT2D eigenvalue weighted by molar-refractivity contribution is -0.118. The quantitative estimate of drug-likeness (QED) is 0.358. The van der Waals surface area contributed by atoms with Crippen LogP contribution in [0.15, 0.2) is 83.8 Å². The van der Waals surface area contributed by atoms with Crippen molar-refractivity contribution >= 4 is 29.4 Å². The van der Waals surface area contributed by atoms with Crippen molar-refractivity contribution in [2.24, 2.45) is 0 Å². The van der Waals surface area contributed by atoms with Crippen molar-refractivity contribution in [2.75, 3.05) is 5.32 Å². The van der Waals surface area contributed by atoms with Crippen LogP contribution in [0.1, 0.15) is 31.9 Å². The summed E-state index contributed by atoms with van der Waals surface area (Å²) in [4.78, 5) is 26.1. The molecule has 0 spiro atoms. The topological polar surface area (TPSA) is 87.7 Å². The van der Waals surface area contributed by atoms with Gasteiger partial charge in [0.15, 0.2) is 0 Å². The Bertz CT molecular complexity index is 1100. The van der Waals surface area contributed by atoms with E-state index in [9.17, 15) is 14.7 Å².